The Kier molecular flexibility index (Phi) is 54.7. The molecule has 0 bridgehead atoms. The van der Waals surface area contributed by atoms with Gasteiger partial charge in [-0.2, -0.15) is 0 Å². The molecule has 0 aliphatic heterocycles. The van der Waals surface area contributed by atoms with E-state index >= 15 is 0 Å². The molecule has 0 amide bonds. The Balaban J connectivity index is 4.30. The van der Waals surface area contributed by atoms with E-state index in [1.807, 2.05) is 0 Å². The summed E-state index contributed by atoms with van der Waals surface area (Å²) < 4.78 is 16.9. The first-order valence-corrected chi connectivity index (χ1v) is 29.8. The molecule has 394 valence electrons. The second kappa shape index (κ2) is 56.5. The molecule has 0 rings (SSSR count). The summed E-state index contributed by atoms with van der Waals surface area (Å²) in [4.78, 5) is 38.2. The number of carbonyl (C=O) groups excluding carboxylic acids is 3. The fourth-order valence-corrected chi connectivity index (χ4v) is 8.95. The van der Waals surface area contributed by atoms with Gasteiger partial charge in [0.2, 0.25) is 0 Å². The van der Waals surface area contributed by atoms with Gasteiger partial charge >= 0.3 is 17.9 Å². The molecule has 0 saturated carbocycles. The summed E-state index contributed by atoms with van der Waals surface area (Å²) in [5.74, 6) is -0.847. The second-order valence-corrected chi connectivity index (χ2v) is 20.3. The van der Waals surface area contributed by atoms with Crippen molar-refractivity contribution in [1.82, 2.24) is 0 Å². The van der Waals surface area contributed by atoms with E-state index in [0.29, 0.717) is 19.3 Å². The Morgan fingerprint density at radius 3 is 0.851 bits per heavy atom. The molecule has 0 aliphatic carbocycles. The highest BCUT2D eigenvalue weighted by Gasteiger charge is 2.19. The van der Waals surface area contributed by atoms with Gasteiger partial charge in [-0.25, -0.2) is 0 Å². The molecule has 0 fully saturated rings. The summed E-state index contributed by atoms with van der Waals surface area (Å²) in [5.41, 5.74) is 0. The number of ether oxygens (including phenoxy) is 3. The first-order valence-electron chi connectivity index (χ1n) is 29.8. The van der Waals surface area contributed by atoms with Crippen molar-refractivity contribution in [1.29, 1.82) is 0 Å². The standard InChI is InChI=1S/C61H114O6/c1-4-7-10-13-16-19-22-25-27-29-30-32-33-36-39-42-45-48-51-54-60(63)66-57-58(56-65-59(62)53-50-47-44-41-38-35-24-21-18-15-12-9-6-3)67-61(64)55-52-49-46-43-40-37-34-31-28-26-23-20-17-14-11-8-5-2/h16,19,25,27,58H,4-15,17-18,20-24,26,28-57H2,1-3H3/b19-16-,27-25-/t58-/m1/s1. The quantitative estimate of drug-likeness (QED) is 0.0262. The highest BCUT2D eigenvalue weighted by atomic mass is 16.6. The van der Waals surface area contributed by atoms with Crippen LogP contribution in [0.4, 0.5) is 0 Å². The third kappa shape index (κ3) is 54.7. The van der Waals surface area contributed by atoms with E-state index in [9.17, 15) is 14.4 Å². The summed E-state index contributed by atoms with van der Waals surface area (Å²) in [6, 6.07) is 0. The fraction of sp³-hybridized carbons (Fsp3) is 0.885. The average molecular weight is 944 g/mol. The summed E-state index contributed by atoms with van der Waals surface area (Å²) >= 11 is 0. The monoisotopic (exact) mass is 943 g/mol. The van der Waals surface area contributed by atoms with Crippen LogP contribution in [-0.2, 0) is 28.6 Å². The number of unbranched alkanes of at least 4 members (excludes halogenated alkanes) is 40. The molecule has 0 radical (unpaired) electrons. The first kappa shape index (κ1) is 64.9. The van der Waals surface area contributed by atoms with E-state index in [1.165, 1.54) is 225 Å². The predicted molar refractivity (Wildman–Crippen MR) is 289 cm³/mol. The Labute approximate surface area is 417 Å². The van der Waals surface area contributed by atoms with Gasteiger partial charge in [-0.3, -0.25) is 14.4 Å². The normalized spacial score (nSPS) is 12.1. The van der Waals surface area contributed by atoms with Gasteiger partial charge in [0, 0.05) is 19.3 Å². The Bertz CT molecular complexity index is 1080. The van der Waals surface area contributed by atoms with Gasteiger partial charge in [0.25, 0.3) is 0 Å². The molecule has 6 heteroatoms. The van der Waals surface area contributed by atoms with E-state index in [0.717, 1.165) is 64.2 Å². The number of esters is 3. The summed E-state index contributed by atoms with van der Waals surface area (Å²) in [5, 5.41) is 0. The van der Waals surface area contributed by atoms with Crippen molar-refractivity contribution in [2.75, 3.05) is 13.2 Å². The van der Waals surface area contributed by atoms with Crippen LogP contribution in [-0.4, -0.2) is 37.2 Å². The molecule has 0 aromatic carbocycles. The molecule has 6 nitrogen and oxygen atoms in total. The minimum absolute atomic E-state index is 0.0666. The van der Waals surface area contributed by atoms with Crippen molar-refractivity contribution in [3.05, 3.63) is 24.3 Å². The minimum Gasteiger partial charge on any atom is -0.462 e. The molecule has 0 aliphatic rings. The zero-order valence-electron chi connectivity index (χ0n) is 45.2. The highest BCUT2D eigenvalue weighted by Crippen LogP contribution is 2.17. The third-order valence-corrected chi connectivity index (χ3v) is 13.5. The lowest BCUT2D eigenvalue weighted by Gasteiger charge is -2.18. The zero-order chi connectivity index (χ0) is 48.6. The van der Waals surface area contributed by atoms with Crippen LogP contribution in [0.5, 0.6) is 0 Å². The van der Waals surface area contributed by atoms with Crippen LogP contribution in [0.2, 0.25) is 0 Å². The molecule has 0 aromatic rings. The molecule has 0 unspecified atom stereocenters. The maximum Gasteiger partial charge on any atom is 0.306 e. The number of carbonyl (C=O) groups is 3. The van der Waals surface area contributed by atoms with Crippen LogP contribution in [0, 0.1) is 0 Å². The van der Waals surface area contributed by atoms with Crippen LogP contribution in [0.15, 0.2) is 24.3 Å². The van der Waals surface area contributed by atoms with Crippen LogP contribution in [0.3, 0.4) is 0 Å². The van der Waals surface area contributed by atoms with Crippen molar-refractivity contribution >= 4 is 17.9 Å². The predicted octanol–water partition coefficient (Wildman–Crippen LogP) is 19.9. The number of rotatable bonds is 55. The number of allylic oxidation sites excluding steroid dienone is 4. The van der Waals surface area contributed by atoms with E-state index in [4.69, 9.17) is 14.2 Å². The molecule has 0 aromatic heterocycles. The molecular formula is C61H114O6. The second-order valence-electron chi connectivity index (χ2n) is 20.3. The lowest BCUT2D eigenvalue weighted by Crippen LogP contribution is -2.30. The molecular weight excluding hydrogens is 829 g/mol. The van der Waals surface area contributed by atoms with Crippen LogP contribution in [0.25, 0.3) is 0 Å². The van der Waals surface area contributed by atoms with Gasteiger partial charge in [0.1, 0.15) is 13.2 Å². The van der Waals surface area contributed by atoms with Crippen molar-refractivity contribution < 1.29 is 28.6 Å². The Hall–Kier alpha value is -2.11. The van der Waals surface area contributed by atoms with E-state index in [1.54, 1.807) is 0 Å². The van der Waals surface area contributed by atoms with Crippen molar-refractivity contribution in [3.63, 3.8) is 0 Å². The lowest BCUT2D eigenvalue weighted by molar-refractivity contribution is -0.167. The average Bonchev–Trinajstić information content (AvgIpc) is 3.33. The van der Waals surface area contributed by atoms with Gasteiger partial charge in [-0.1, -0.05) is 283 Å². The third-order valence-electron chi connectivity index (χ3n) is 13.5. The first-order chi connectivity index (χ1) is 33.0. The molecule has 1 atom stereocenters. The van der Waals surface area contributed by atoms with E-state index in [-0.39, 0.29) is 31.1 Å². The molecule has 0 N–H and O–H groups in total. The van der Waals surface area contributed by atoms with Crippen molar-refractivity contribution in [2.45, 2.75) is 335 Å². The summed E-state index contributed by atoms with van der Waals surface area (Å²) in [7, 11) is 0. The zero-order valence-corrected chi connectivity index (χ0v) is 45.2. The SMILES string of the molecule is CCCCC/C=C\C/C=C\CCCCCCCCCCCC(=O)OC[C@@H](COC(=O)CCCCCCCCCCCCCCC)OC(=O)CCCCCCCCCCCCCCCCCCC. The summed E-state index contributed by atoms with van der Waals surface area (Å²) in [6.45, 7) is 6.67. The van der Waals surface area contributed by atoms with Gasteiger partial charge in [-0.15, -0.1) is 0 Å². The van der Waals surface area contributed by atoms with Crippen LogP contribution >= 0.6 is 0 Å². The molecule has 0 saturated heterocycles. The molecule has 67 heavy (non-hydrogen) atoms. The number of hydrogen-bond donors (Lipinski definition) is 0. The molecule has 0 heterocycles. The Morgan fingerprint density at radius 1 is 0.299 bits per heavy atom. The molecule has 0 spiro atoms. The largest absolute Gasteiger partial charge is 0.462 e. The van der Waals surface area contributed by atoms with Crippen molar-refractivity contribution in [3.8, 4) is 0 Å². The van der Waals surface area contributed by atoms with Crippen LogP contribution in [0.1, 0.15) is 329 Å². The van der Waals surface area contributed by atoms with Crippen LogP contribution < -0.4 is 0 Å². The minimum atomic E-state index is -0.767. The van der Waals surface area contributed by atoms with Gasteiger partial charge in [0.15, 0.2) is 6.10 Å². The summed E-state index contributed by atoms with van der Waals surface area (Å²) in [6.07, 6.45) is 65.9. The smallest absolute Gasteiger partial charge is 0.306 e. The maximum atomic E-state index is 12.9. The van der Waals surface area contributed by atoms with Crippen molar-refractivity contribution in [2.24, 2.45) is 0 Å². The fourth-order valence-electron chi connectivity index (χ4n) is 8.95. The van der Waals surface area contributed by atoms with E-state index < -0.39 is 6.10 Å². The topological polar surface area (TPSA) is 78.9 Å². The van der Waals surface area contributed by atoms with Gasteiger partial charge in [-0.05, 0) is 51.4 Å². The maximum absolute atomic E-state index is 12.9. The van der Waals surface area contributed by atoms with Gasteiger partial charge < -0.3 is 14.2 Å². The highest BCUT2D eigenvalue weighted by molar-refractivity contribution is 5.71. The number of hydrogen-bond acceptors (Lipinski definition) is 6. The lowest BCUT2D eigenvalue weighted by atomic mass is 10.0. The van der Waals surface area contributed by atoms with E-state index in [2.05, 4.69) is 45.1 Å². The van der Waals surface area contributed by atoms with Gasteiger partial charge in [0.05, 0.1) is 0 Å². The Morgan fingerprint density at radius 2 is 0.537 bits per heavy atom.